The summed E-state index contributed by atoms with van der Waals surface area (Å²) < 4.78 is 11.2. The number of hydrogen-bond acceptors (Lipinski definition) is 8. The predicted molar refractivity (Wildman–Crippen MR) is 114 cm³/mol. The van der Waals surface area contributed by atoms with Crippen LogP contribution in [0.15, 0.2) is 58.9 Å². The van der Waals surface area contributed by atoms with Crippen LogP contribution in [-0.4, -0.2) is 54.7 Å². The maximum absolute atomic E-state index is 12.1. The molecule has 1 aromatic carbocycles. The van der Waals surface area contributed by atoms with E-state index in [4.69, 9.17) is 25.6 Å². The number of benzene rings is 1. The Hall–Kier alpha value is -3.70. The molecule has 2 rings (SSSR count). The van der Waals surface area contributed by atoms with Gasteiger partial charge in [0.2, 0.25) is 5.91 Å². The number of pyridine rings is 1. The fourth-order valence-corrected chi connectivity index (χ4v) is 2.44. The standard InChI is InChI=1S/C20H25N7O4/c1-27(26-22)20(21)19(14-8-5-4-6-9-14)25-31-13-15-10-7-11-16(23-15)24-17(28)12-18(29-2)30-3/h4-11,18,21-22H,12-13H2,1-3H3,(H,23,24,28)/p+1/b21-20?,25-19-. The first-order valence-electron chi connectivity index (χ1n) is 9.28. The highest BCUT2D eigenvalue weighted by Crippen LogP contribution is 2.09. The Bertz CT molecular complexity index is 944. The lowest BCUT2D eigenvalue weighted by Gasteiger charge is -2.13. The molecule has 0 radical (unpaired) electrons. The molecule has 0 bridgehead atoms. The number of oxime groups is 1. The van der Waals surface area contributed by atoms with Gasteiger partial charge < -0.3 is 19.6 Å². The minimum Gasteiger partial charge on any atom is -0.389 e. The van der Waals surface area contributed by atoms with Crippen molar-refractivity contribution in [2.45, 2.75) is 19.3 Å². The van der Waals surface area contributed by atoms with Crippen molar-refractivity contribution < 1.29 is 23.8 Å². The highest BCUT2D eigenvalue weighted by atomic mass is 16.7. The van der Waals surface area contributed by atoms with Crippen molar-refractivity contribution in [2.24, 2.45) is 16.2 Å². The van der Waals surface area contributed by atoms with Gasteiger partial charge in [-0.3, -0.25) is 4.79 Å². The number of nitrogens with two attached hydrogens (primary N) is 1. The zero-order valence-electron chi connectivity index (χ0n) is 17.6. The SMILES string of the molecule is COC(CC(=O)Nc1cccc(CO/N=C(\C(=N)[N+](C)=NN)c2ccccc2)n1)OC. The fraction of sp³-hybridized carbons (Fsp3) is 0.300. The molecular formula is C20H26N7O4+. The van der Waals surface area contributed by atoms with Crippen molar-refractivity contribution in [1.29, 1.82) is 5.41 Å². The van der Waals surface area contributed by atoms with E-state index in [1.54, 1.807) is 30.3 Å². The van der Waals surface area contributed by atoms with Gasteiger partial charge in [-0.15, -0.1) is 4.70 Å². The lowest BCUT2D eigenvalue weighted by atomic mass is 10.1. The molecule has 0 aliphatic heterocycles. The first kappa shape index (κ1) is 23.6. The van der Waals surface area contributed by atoms with Crippen molar-refractivity contribution in [3.05, 3.63) is 59.8 Å². The summed E-state index contributed by atoms with van der Waals surface area (Å²) in [7, 11) is 4.45. The second kappa shape index (κ2) is 12.1. The summed E-state index contributed by atoms with van der Waals surface area (Å²) in [6.45, 7) is 0.0234. The molecule has 0 saturated heterocycles. The van der Waals surface area contributed by atoms with Gasteiger partial charge in [0.15, 0.2) is 18.6 Å². The highest BCUT2D eigenvalue weighted by molar-refractivity contribution is 6.43. The fourth-order valence-electron chi connectivity index (χ4n) is 2.44. The third-order valence-corrected chi connectivity index (χ3v) is 4.09. The molecule has 0 aliphatic carbocycles. The van der Waals surface area contributed by atoms with Gasteiger partial charge in [0.25, 0.3) is 0 Å². The first-order chi connectivity index (χ1) is 15.0. The number of nitrogens with zero attached hydrogens (tertiary/aromatic N) is 4. The summed E-state index contributed by atoms with van der Waals surface area (Å²) in [5, 5.41) is 18.5. The molecule has 31 heavy (non-hydrogen) atoms. The Morgan fingerprint density at radius 3 is 2.55 bits per heavy atom. The zero-order valence-corrected chi connectivity index (χ0v) is 17.6. The molecule has 11 heteroatoms. The molecule has 0 atom stereocenters. The van der Waals surface area contributed by atoms with Crippen LogP contribution in [0.25, 0.3) is 0 Å². The van der Waals surface area contributed by atoms with E-state index in [9.17, 15) is 4.79 Å². The summed E-state index contributed by atoms with van der Waals surface area (Å²) in [5.74, 6) is 5.29. The molecule has 1 heterocycles. The summed E-state index contributed by atoms with van der Waals surface area (Å²) in [6, 6.07) is 14.2. The molecule has 164 valence electrons. The highest BCUT2D eigenvalue weighted by Gasteiger charge is 2.19. The van der Waals surface area contributed by atoms with Crippen molar-refractivity contribution in [3.8, 4) is 0 Å². The number of amides is 1. The number of rotatable bonds is 10. The number of nitrogens with one attached hydrogen (secondary N) is 2. The molecule has 1 aromatic heterocycles. The smallest absolute Gasteiger partial charge is 0.303 e. The van der Waals surface area contributed by atoms with Gasteiger partial charge in [0, 0.05) is 25.0 Å². The average molecular weight is 428 g/mol. The normalized spacial score (nSPS) is 12.0. The molecule has 0 aliphatic rings. The maximum Gasteiger partial charge on any atom is 0.303 e. The molecule has 0 saturated carbocycles. The van der Waals surface area contributed by atoms with Crippen LogP contribution in [0.2, 0.25) is 0 Å². The summed E-state index contributed by atoms with van der Waals surface area (Å²) in [5.41, 5.74) is 1.46. The number of ether oxygens (including phenoxy) is 2. The largest absolute Gasteiger partial charge is 0.389 e. The molecule has 0 fully saturated rings. The zero-order chi connectivity index (χ0) is 22.6. The van der Waals surface area contributed by atoms with E-state index in [-0.39, 0.29) is 30.5 Å². The average Bonchev–Trinajstić information content (AvgIpc) is 2.80. The topological polar surface area (TPSA) is 147 Å². The van der Waals surface area contributed by atoms with Crippen LogP contribution >= 0.6 is 0 Å². The summed E-state index contributed by atoms with van der Waals surface area (Å²) in [4.78, 5) is 21.8. The third kappa shape index (κ3) is 7.24. The van der Waals surface area contributed by atoms with Crippen molar-refractivity contribution >= 4 is 23.3 Å². The number of carbonyl (C=O) groups is 1. The van der Waals surface area contributed by atoms with Crippen LogP contribution in [0, 0.1) is 5.41 Å². The lowest BCUT2D eigenvalue weighted by Crippen LogP contribution is -2.26. The Morgan fingerprint density at radius 2 is 1.90 bits per heavy atom. The molecular weight excluding hydrogens is 402 g/mol. The Kier molecular flexibility index (Phi) is 9.20. The minimum absolute atomic E-state index is 0.0234. The summed E-state index contributed by atoms with van der Waals surface area (Å²) in [6.07, 6.45) is -0.604. The van der Waals surface area contributed by atoms with Crippen LogP contribution in [0.5, 0.6) is 0 Å². The van der Waals surface area contributed by atoms with Gasteiger partial charge in [-0.25, -0.2) is 10.8 Å². The number of likely N-dealkylation sites (N-methyl/N-ethyl adjacent to an activating group) is 1. The Morgan fingerprint density at radius 1 is 1.19 bits per heavy atom. The van der Waals surface area contributed by atoms with E-state index in [0.717, 1.165) is 0 Å². The number of carbonyl (C=O) groups excluding carboxylic acids is 1. The molecule has 11 nitrogen and oxygen atoms in total. The van der Waals surface area contributed by atoms with E-state index in [1.807, 2.05) is 18.2 Å². The first-order valence-corrected chi connectivity index (χ1v) is 9.28. The quantitative estimate of drug-likeness (QED) is 0.100. The number of amidine groups is 1. The van der Waals surface area contributed by atoms with Crippen LogP contribution < -0.4 is 11.2 Å². The number of methoxy groups -OCH3 is 2. The number of anilines is 1. The van der Waals surface area contributed by atoms with E-state index < -0.39 is 6.29 Å². The third-order valence-electron chi connectivity index (χ3n) is 4.09. The monoisotopic (exact) mass is 428 g/mol. The lowest BCUT2D eigenvalue weighted by molar-refractivity contribution is -0.449. The van der Waals surface area contributed by atoms with Gasteiger partial charge in [-0.2, -0.15) is 5.41 Å². The van der Waals surface area contributed by atoms with Crippen molar-refractivity contribution in [2.75, 3.05) is 26.6 Å². The van der Waals surface area contributed by atoms with Crippen LogP contribution in [0.3, 0.4) is 0 Å². The number of hydrogen-bond donors (Lipinski definition) is 3. The van der Waals surface area contributed by atoms with E-state index in [1.165, 1.54) is 26.0 Å². The number of aromatic nitrogens is 1. The van der Waals surface area contributed by atoms with Crippen LogP contribution in [-0.2, 0) is 25.7 Å². The van der Waals surface area contributed by atoms with Crippen LogP contribution in [0.1, 0.15) is 17.7 Å². The minimum atomic E-state index is -0.633. The van der Waals surface area contributed by atoms with E-state index in [0.29, 0.717) is 17.1 Å². The molecule has 0 spiro atoms. The maximum atomic E-state index is 12.1. The Balaban J connectivity index is 2.08. The molecule has 0 unspecified atom stereocenters. The van der Waals surface area contributed by atoms with Gasteiger partial charge >= 0.3 is 5.84 Å². The Labute approximate surface area is 180 Å². The summed E-state index contributed by atoms with van der Waals surface area (Å²) >= 11 is 0. The molecule has 2 aromatic rings. The van der Waals surface area contributed by atoms with Crippen molar-refractivity contribution in [1.82, 2.24) is 4.98 Å². The van der Waals surface area contributed by atoms with Gasteiger partial charge in [-0.1, -0.05) is 41.6 Å². The predicted octanol–water partition coefficient (Wildman–Crippen LogP) is 1.90. The van der Waals surface area contributed by atoms with E-state index in [2.05, 4.69) is 20.7 Å². The van der Waals surface area contributed by atoms with Crippen LogP contribution in [0.4, 0.5) is 5.82 Å². The molecule has 1 amide bonds. The van der Waals surface area contributed by atoms with Gasteiger partial charge in [-0.05, 0) is 12.1 Å². The second-order valence-corrected chi connectivity index (χ2v) is 6.23. The van der Waals surface area contributed by atoms with Crippen molar-refractivity contribution in [3.63, 3.8) is 0 Å². The van der Waals surface area contributed by atoms with Gasteiger partial charge in [0.05, 0.1) is 19.2 Å². The second-order valence-electron chi connectivity index (χ2n) is 6.23. The van der Waals surface area contributed by atoms with Gasteiger partial charge in [0.1, 0.15) is 5.82 Å². The van der Waals surface area contributed by atoms with E-state index >= 15 is 0 Å². The molecule has 4 N–H and O–H groups in total.